The molecule has 0 amide bonds. The van der Waals surface area contributed by atoms with Gasteiger partial charge in [-0.1, -0.05) is 17.7 Å². The van der Waals surface area contributed by atoms with Gasteiger partial charge >= 0.3 is 10.1 Å². The second kappa shape index (κ2) is 5.84. The molecule has 0 spiro atoms. The van der Waals surface area contributed by atoms with E-state index in [0.29, 0.717) is 0 Å². The van der Waals surface area contributed by atoms with E-state index < -0.39 is 21.7 Å². The lowest BCUT2D eigenvalue weighted by Gasteiger charge is -2.10. The van der Waals surface area contributed by atoms with Crippen molar-refractivity contribution in [1.29, 1.82) is 5.26 Å². The highest BCUT2D eigenvalue weighted by Crippen LogP contribution is 2.32. The van der Waals surface area contributed by atoms with Crippen LogP contribution in [0.2, 0.25) is 0 Å². The zero-order valence-electron chi connectivity index (χ0n) is 10.8. The average Bonchev–Trinajstić information content (AvgIpc) is 2.43. The number of nitrogens with zero attached hydrogens (tertiary/aromatic N) is 1. The zero-order chi connectivity index (χ0) is 15.6. The van der Waals surface area contributed by atoms with Gasteiger partial charge in [-0.05, 0) is 47.1 Å². The van der Waals surface area contributed by atoms with Crippen molar-refractivity contribution in [2.75, 3.05) is 0 Å². The monoisotopic (exact) mass is 369 g/mol. The van der Waals surface area contributed by atoms with Crippen LogP contribution in [0.15, 0.2) is 45.8 Å². The number of rotatable bonds is 3. The van der Waals surface area contributed by atoms with Crippen molar-refractivity contribution in [2.24, 2.45) is 0 Å². The average molecular weight is 370 g/mol. The van der Waals surface area contributed by atoms with Crippen LogP contribution in [-0.4, -0.2) is 8.42 Å². The first-order valence-electron chi connectivity index (χ1n) is 5.74. The molecule has 108 valence electrons. The second-order valence-electron chi connectivity index (χ2n) is 4.23. The smallest absolute Gasteiger partial charge is 0.339 e. The van der Waals surface area contributed by atoms with Crippen LogP contribution in [0.25, 0.3) is 0 Å². The maximum absolute atomic E-state index is 13.8. The molecule has 2 rings (SSSR count). The van der Waals surface area contributed by atoms with E-state index in [0.717, 1.165) is 11.6 Å². The third kappa shape index (κ3) is 3.40. The highest BCUT2D eigenvalue weighted by atomic mass is 79.9. The lowest BCUT2D eigenvalue weighted by atomic mass is 10.2. The van der Waals surface area contributed by atoms with Crippen molar-refractivity contribution >= 4 is 26.0 Å². The quantitative estimate of drug-likeness (QED) is 0.776. The van der Waals surface area contributed by atoms with Gasteiger partial charge in [-0.3, -0.25) is 0 Å². The number of halogens is 2. The van der Waals surface area contributed by atoms with Crippen LogP contribution in [0.5, 0.6) is 5.75 Å². The fourth-order valence-corrected chi connectivity index (χ4v) is 3.15. The predicted molar refractivity (Wildman–Crippen MR) is 77.8 cm³/mol. The van der Waals surface area contributed by atoms with E-state index in [1.807, 2.05) is 6.92 Å². The Hall–Kier alpha value is -1.91. The van der Waals surface area contributed by atoms with E-state index >= 15 is 0 Å². The van der Waals surface area contributed by atoms with Crippen LogP contribution in [0.4, 0.5) is 4.39 Å². The molecule has 7 heteroatoms. The molecule has 0 aliphatic carbocycles. The van der Waals surface area contributed by atoms with Gasteiger partial charge in [0.1, 0.15) is 4.90 Å². The van der Waals surface area contributed by atoms with E-state index in [1.165, 1.54) is 18.2 Å². The number of benzene rings is 2. The summed E-state index contributed by atoms with van der Waals surface area (Å²) in [5.74, 6) is -1.41. The van der Waals surface area contributed by atoms with Crippen molar-refractivity contribution in [3.63, 3.8) is 0 Å². The Morgan fingerprint density at radius 3 is 2.38 bits per heavy atom. The molecule has 0 atom stereocenters. The van der Waals surface area contributed by atoms with Gasteiger partial charge in [0, 0.05) is 0 Å². The normalized spacial score (nSPS) is 11.0. The minimum Gasteiger partial charge on any atom is -0.375 e. The van der Waals surface area contributed by atoms with E-state index in [1.54, 1.807) is 18.2 Å². The SMILES string of the molecule is Cc1ccc(S(=O)(=O)Oc2c(F)cc(C#N)cc2Br)cc1. The van der Waals surface area contributed by atoms with Gasteiger partial charge in [-0.25, -0.2) is 4.39 Å². The number of hydrogen-bond acceptors (Lipinski definition) is 4. The van der Waals surface area contributed by atoms with Gasteiger partial charge in [0.15, 0.2) is 11.6 Å². The summed E-state index contributed by atoms with van der Waals surface area (Å²) in [4.78, 5) is -0.0799. The van der Waals surface area contributed by atoms with Crippen LogP contribution in [0.3, 0.4) is 0 Å². The van der Waals surface area contributed by atoms with Gasteiger partial charge in [0.25, 0.3) is 0 Å². The van der Waals surface area contributed by atoms with E-state index in [4.69, 9.17) is 9.44 Å². The van der Waals surface area contributed by atoms with Gasteiger partial charge in [0.2, 0.25) is 0 Å². The first-order valence-corrected chi connectivity index (χ1v) is 7.94. The summed E-state index contributed by atoms with van der Waals surface area (Å²) in [6.07, 6.45) is 0. The van der Waals surface area contributed by atoms with Crippen LogP contribution in [-0.2, 0) is 10.1 Å². The third-order valence-corrected chi connectivity index (χ3v) is 4.45. The van der Waals surface area contributed by atoms with Crippen molar-refractivity contribution in [1.82, 2.24) is 0 Å². The van der Waals surface area contributed by atoms with Crippen LogP contribution < -0.4 is 4.18 Å². The first-order chi connectivity index (χ1) is 9.83. The molecule has 2 aromatic rings. The molecule has 0 bridgehead atoms. The summed E-state index contributed by atoms with van der Waals surface area (Å²) in [7, 11) is -4.15. The number of aryl methyl sites for hydroxylation is 1. The maximum atomic E-state index is 13.8. The highest BCUT2D eigenvalue weighted by Gasteiger charge is 2.21. The minimum absolute atomic E-state index is 0.0507. The molecule has 0 heterocycles. The Bertz CT molecular complexity index is 803. The van der Waals surface area contributed by atoms with Crippen molar-refractivity contribution in [3.05, 3.63) is 57.8 Å². The Morgan fingerprint density at radius 2 is 1.86 bits per heavy atom. The van der Waals surface area contributed by atoms with Crippen molar-refractivity contribution < 1.29 is 17.0 Å². The molecule has 0 saturated carbocycles. The molecular weight excluding hydrogens is 361 g/mol. The number of nitriles is 1. The largest absolute Gasteiger partial charge is 0.375 e. The van der Waals surface area contributed by atoms with Gasteiger partial charge in [0.05, 0.1) is 16.1 Å². The molecular formula is C14H9BrFNO3S. The summed E-state index contributed by atoms with van der Waals surface area (Å²) in [6.45, 7) is 1.81. The molecule has 21 heavy (non-hydrogen) atoms. The summed E-state index contributed by atoms with van der Waals surface area (Å²) in [6, 6.07) is 9.92. The second-order valence-corrected chi connectivity index (χ2v) is 6.63. The van der Waals surface area contributed by atoms with Crippen LogP contribution in [0.1, 0.15) is 11.1 Å². The van der Waals surface area contributed by atoms with Gasteiger partial charge in [-0.2, -0.15) is 13.7 Å². The molecule has 0 saturated heterocycles. The lowest BCUT2D eigenvalue weighted by Crippen LogP contribution is -2.11. The molecule has 0 N–H and O–H groups in total. The van der Waals surface area contributed by atoms with Gasteiger partial charge < -0.3 is 4.18 Å². The standard InChI is InChI=1S/C14H9BrFNO3S/c1-9-2-4-11(5-3-9)21(18,19)20-14-12(15)6-10(8-17)7-13(14)16/h2-7H,1H3. The topological polar surface area (TPSA) is 67.2 Å². The minimum atomic E-state index is -4.15. The fourth-order valence-electron chi connectivity index (χ4n) is 1.57. The third-order valence-electron chi connectivity index (χ3n) is 2.63. The van der Waals surface area contributed by atoms with E-state index in [2.05, 4.69) is 15.9 Å². The molecule has 4 nitrogen and oxygen atoms in total. The summed E-state index contributed by atoms with van der Waals surface area (Å²) < 4.78 is 42.9. The molecule has 0 aliphatic heterocycles. The number of hydrogen-bond donors (Lipinski definition) is 0. The molecule has 0 unspecified atom stereocenters. The predicted octanol–water partition coefficient (Wildman–Crippen LogP) is 3.54. The van der Waals surface area contributed by atoms with Gasteiger partial charge in [-0.15, -0.1) is 0 Å². The maximum Gasteiger partial charge on any atom is 0.339 e. The zero-order valence-corrected chi connectivity index (χ0v) is 13.2. The Balaban J connectivity index is 2.42. The molecule has 0 aliphatic rings. The Morgan fingerprint density at radius 1 is 1.24 bits per heavy atom. The Labute approximate surface area is 130 Å². The highest BCUT2D eigenvalue weighted by molar-refractivity contribution is 9.10. The molecule has 2 aromatic carbocycles. The fraction of sp³-hybridized carbons (Fsp3) is 0.0714. The van der Waals surface area contributed by atoms with E-state index in [-0.39, 0.29) is 14.9 Å². The summed E-state index contributed by atoms with van der Waals surface area (Å²) in [5.41, 5.74) is 0.944. The molecule has 0 fully saturated rings. The summed E-state index contributed by atoms with van der Waals surface area (Å²) in [5, 5.41) is 8.72. The van der Waals surface area contributed by atoms with Crippen molar-refractivity contribution in [3.8, 4) is 11.8 Å². The van der Waals surface area contributed by atoms with E-state index in [9.17, 15) is 12.8 Å². The first kappa shape index (κ1) is 15.5. The molecule has 0 aromatic heterocycles. The Kier molecular flexibility index (Phi) is 4.30. The van der Waals surface area contributed by atoms with Crippen LogP contribution >= 0.6 is 15.9 Å². The van der Waals surface area contributed by atoms with Crippen molar-refractivity contribution in [2.45, 2.75) is 11.8 Å². The van der Waals surface area contributed by atoms with Crippen LogP contribution in [0, 0.1) is 24.1 Å². The summed E-state index contributed by atoms with van der Waals surface area (Å²) >= 11 is 3.00. The lowest BCUT2D eigenvalue weighted by molar-refractivity contribution is 0.459. The molecule has 0 radical (unpaired) electrons.